The quantitative estimate of drug-likeness (QED) is 0.628. The van der Waals surface area contributed by atoms with Crippen molar-refractivity contribution in [1.82, 2.24) is 4.90 Å². The zero-order chi connectivity index (χ0) is 10.4. The molecule has 2 atom stereocenters. The molecule has 0 fully saturated rings. The fourth-order valence-corrected chi connectivity index (χ4v) is 1.06. The molecular weight excluding hydrogens is 168 g/mol. The van der Waals surface area contributed by atoms with Crippen molar-refractivity contribution in [1.29, 1.82) is 0 Å². The molecule has 0 spiro atoms. The van der Waals surface area contributed by atoms with Crippen LogP contribution in [0.25, 0.3) is 0 Å². The van der Waals surface area contributed by atoms with E-state index >= 15 is 0 Å². The van der Waals surface area contributed by atoms with E-state index in [4.69, 9.17) is 10.8 Å². The van der Waals surface area contributed by atoms with E-state index in [9.17, 15) is 4.79 Å². The van der Waals surface area contributed by atoms with Gasteiger partial charge in [-0.15, -0.1) is 0 Å². The molecule has 0 bridgehead atoms. The van der Waals surface area contributed by atoms with Crippen LogP contribution >= 0.6 is 0 Å². The molecule has 0 radical (unpaired) electrons. The van der Waals surface area contributed by atoms with Crippen LogP contribution in [0.1, 0.15) is 20.8 Å². The van der Waals surface area contributed by atoms with Crippen molar-refractivity contribution in [3.8, 4) is 0 Å². The molecule has 0 aliphatic heterocycles. The number of hydrogen-bond donors (Lipinski definition) is 2. The zero-order valence-corrected chi connectivity index (χ0v) is 8.66. The van der Waals surface area contributed by atoms with Gasteiger partial charge in [0.1, 0.15) is 0 Å². The molecular formula is C9H20N2O2. The predicted octanol–water partition coefficient (Wildman–Crippen LogP) is -0.189. The van der Waals surface area contributed by atoms with Crippen molar-refractivity contribution < 1.29 is 9.90 Å². The van der Waals surface area contributed by atoms with Gasteiger partial charge in [-0.05, 0) is 13.8 Å². The van der Waals surface area contributed by atoms with Crippen molar-refractivity contribution in [3.63, 3.8) is 0 Å². The maximum absolute atomic E-state index is 11.6. The third-order valence-electron chi connectivity index (χ3n) is 2.24. The minimum atomic E-state index is -0.175. The van der Waals surface area contributed by atoms with Crippen LogP contribution in [-0.2, 0) is 4.79 Å². The molecule has 13 heavy (non-hydrogen) atoms. The van der Waals surface area contributed by atoms with Gasteiger partial charge < -0.3 is 15.7 Å². The second-order valence-corrected chi connectivity index (χ2v) is 3.29. The van der Waals surface area contributed by atoms with Gasteiger partial charge in [-0.1, -0.05) is 6.92 Å². The highest BCUT2D eigenvalue weighted by Crippen LogP contribution is 2.05. The molecule has 0 saturated heterocycles. The van der Waals surface area contributed by atoms with Crippen LogP contribution in [0, 0.1) is 5.92 Å². The Balaban J connectivity index is 4.19. The lowest BCUT2D eigenvalue weighted by Gasteiger charge is -2.25. The third kappa shape index (κ3) is 3.74. The van der Waals surface area contributed by atoms with E-state index in [1.165, 1.54) is 0 Å². The van der Waals surface area contributed by atoms with Crippen LogP contribution in [0.4, 0.5) is 0 Å². The van der Waals surface area contributed by atoms with Gasteiger partial charge in [-0.3, -0.25) is 4.79 Å². The summed E-state index contributed by atoms with van der Waals surface area (Å²) in [5, 5.41) is 8.71. The molecule has 0 heterocycles. The molecule has 0 aromatic rings. The van der Waals surface area contributed by atoms with E-state index < -0.39 is 0 Å². The molecule has 2 unspecified atom stereocenters. The van der Waals surface area contributed by atoms with E-state index in [1.54, 1.807) is 4.90 Å². The van der Waals surface area contributed by atoms with Crippen molar-refractivity contribution >= 4 is 5.91 Å². The van der Waals surface area contributed by atoms with Crippen LogP contribution in [0.3, 0.4) is 0 Å². The summed E-state index contributed by atoms with van der Waals surface area (Å²) in [5.74, 6) is -0.155. The Labute approximate surface area is 79.7 Å². The molecule has 0 saturated carbocycles. The number of nitrogens with zero attached hydrogens (tertiary/aromatic N) is 1. The first-order valence-electron chi connectivity index (χ1n) is 4.69. The number of aliphatic hydroxyl groups excluding tert-OH is 1. The van der Waals surface area contributed by atoms with Gasteiger partial charge in [0, 0.05) is 19.1 Å². The second-order valence-electron chi connectivity index (χ2n) is 3.29. The lowest BCUT2D eigenvalue weighted by atomic mass is 10.0. The number of carbonyl (C=O) groups excluding carboxylic acids is 1. The first-order chi connectivity index (χ1) is 6.04. The van der Waals surface area contributed by atoms with Gasteiger partial charge in [0.25, 0.3) is 0 Å². The molecule has 0 rings (SSSR count). The van der Waals surface area contributed by atoms with Crippen LogP contribution in [0.5, 0.6) is 0 Å². The largest absolute Gasteiger partial charge is 0.395 e. The smallest absolute Gasteiger partial charge is 0.227 e. The molecule has 0 aromatic carbocycles. The summed E-state index contributed by atoms with van der Waals surface area (Å²) in [6.45, 7) is 6.54. The number of aliphatic hydroxyl groups is 1. The number of amides is 1. The second kappa shape index (κ2) is 5.94. The van der Waals surface area contributed by atoms with Crippen molar-refractivity contribution in [2.45, 2.75) is 26.8 Å². The Morgan fingerprint density at radius 3 is 2.38 bits per heavy atom. The maximum atomic E-state index is 11.6. The first-order valence-corrected chi connectivity index (χ1v) is 4.69. The lowest BCUT2D eigenvalue weighted by molar-refractivity contribution is -0.135. The van der Waals surface area contributed by atoms with Crippen LogP contribution in [-0.4, -0.2) is 41.7 Å². The minimum absolute atomic E-state index is 0.00521. The summed E-state index contributed by atoms with van der Waals surface area (Å²) in [5.41, 5.74) is 5.62. The predicted molar refractivity (Wildman–Crippen MR) is 52.2 cm³/mol. The molecule has 3 N–H and O–H groups in total. The molecule has 4 nitrogen and oxygen atoms in total. The first kappa shape index (κ1) is 12.4. The van der Waals surface area contributed by atoms with Gasteiger partial charge in [0.05, 0.1) is 12.5 Å². The van der Waals surface area contributed by atoms with E-state index in [1.807, 2.05) is 20.8 Å². The van der Waals surface area contributed by atoms with Crippen LogP contribution < -0.4 is 5.73 Å². The monoisotopic (exact) mass is 188 g/mol. The zero-order valence-electron chi connectivity index (χ0n) is 8.66. The number of carbonyl (C=O) groups is 1. The van der Waals surface area contributed by atoms with E-state index in [-0.39, 0.29) is 24.5 Å². The molecule has 0 aliphatic carbocycles. The Kier molecular flexibility index (Phi) is 5.66. The summed E-state index contributed by atoms with van der Waals surface area (Å²) < 4.78 is 0. The summed E-state index contributed by atoms with van der Waals surface area (Å²) in [6, 6.07) is -0.139. The Morgan fingerprint density at radius 2 is 2.08 bits per heavy atom. The fourth-order valence-electron chi connectivity index (χ4n) is 1.06. The third-order valence-corrected chi connectivity index (χ3v) is 2.24. The average molecular weight is 188 g/mol. The van der Waals surface area contributed by atoms with Crippen LogP contribution in [0.15, 0.2) is 0 Å². The highest BCUT2D eigenvalue weighted by molar-refractivity contribution is 5.79. The van der Waals surface area contributed by atoms with E-state index in [2.05, 4.69) is 0 Å². The number of nitrogens with two attached hydrogens (primary N) is 1. The van der Waals surface area contributed by atoms with Gasteiger partial charge >= 0.3 is 0 Å². The lowest BCUT2D eigenvalue weighted by Crippen LogP contribution is -2.42. The molecule has 4 heteroatoms. The molecule has 0 aromatic heterocycles. The normalized spacial score (nSPS) is 15.2. The maximum Gasteiger partial charge on any atom is 0.227 e. The molecule has 0 aliphatic rings. The van der Waals surface area contributed by atoms with Gasteiger partial charge in [0.15, 0.2) is 0 Å². The Morgan fingerprint density at radius 1 is 1.54 bits per heavy atom. The average Bonchev–Trinajstić information content (AvgIpc) is 2.11. The number of hydrogen-bond acceptors (Lipinski definition) is 3. The summed E-state index contributed by atoms with van der Waals surface area (Å²) in [7, 11) is 0. The summed E-state index contributed by atoms with van der Waals surface area (Å²) in [4.78, 5) is 13.3. The van der Waals surface area contributed by atoms with E-state index in [0.717, 1.165) is 0 Å². The SMILES string of the molecule is CCN(CCO)C(=O)C(C)C(C)N. The number of likely N-dealkylation sites (N-methyl/N-ethyl adjacent to an activating group) is 1. The van der Waals surface area contributed by atoms with Crippen molar-refractivity contribution in [2.24, 2.45) is 11.7 Å². The van der Waals surface area contributed by atoms with Gasteiger partial charge in [-0.25, -0.2) is 0 Å². The molecule has 1 amide bonds. The van der Waals surface area contributed by atoms with Gasteiger partial charge in [-0.2, -0.15) is 0 Å². The van der Waals surface area contributed by atoms with Crippen LogP contribution in [0.2, 0.25) is 0 Å². The summed E-state index contributed by atoms with van der Waals surface area (Å²) >= 11 is 0. The highest BCUT2D eigenvalue weighted by atomic mass is 16.3. The van der Waals surface area contributed by atoms with Crippen molar-refractivity contribution in [3.05, 3.63) is 0 Å². The van der Waals surface area contributed by atoms with E-state index in [0.29, 0.717) is 13.1 Å². The Hall–Kier alpha value is -0.610. The number of rotatable bonds is 5. The topological polar surface area (TPSA) is 66.6 Å². The Bertz CT molecular complexity index is 160. The molecule has 78 valence electrons. The van der Waals surface area contributed by atoms with Crippen molar-refractivity contribution in [2.75, 3.05) is 19.7 Å². The standard InChI is InChI=1S/C9H20N2O2/c1-4-11(5-6-12)9(13)7(2)8(3)10/h7-8,12H,4-6,10H2,1-3H3. The highest BCUT2D eigenvalue weighted by Gasteiger charge is 2.21. The van der Waals surface area contributed by atoms with Gasteiger partial charge in [0.2, 0.25) is 5.91 Å². The fraction of sp³-hybridized carbons (Fsp3) is 0.889. The minimum Gasteiger partial charge on any atom is -0.395 e. The summed E-state index contributed by atoms with van der Waals surface area (Å²) in [6.07, 6.45) is 0.